The number of esters is 4. The van der Waals surface area contributed by atoms with E-state index in [0.29, 0.717) is 12.0 Å². The van der Waals surface area contributed by atoms with Crippen molar-refractivity contribution in [2.24, 2.45) is 16.7 Å². The molecule has 0 heterocycles. The maximum Gasteiger partial charge on any atom is 0.323 e. The fourth-order valence-electron chi connectivity index (χ4n) is 3.43. The summed E-state index contributed by atoms with van der Waals surface area (Å²) in [6, 6.07) is 4.09. The number of hydrogen-bond donors (Lipinski definition) is 1. The Morgan fingerprint density at radius 2 is 1.39 bits per heavy atom. The zero-order chi connectivity index (χ0) is 29.1. The van der Waals surface area contributed by atoms with Crippen LogP contribution >= 0.6 is 0 Å². The summed E-state index contributed by atoms with van der Waals surface area (Å²) < 4.78 is 21.3. The van der Waals surface area contributed by atoms with Crippen LogP contribution in [-0.4, -0.2) is 50.2 Å². The average molecular weight is 536 g/mol. The van der Waals surface area contributed by atoms with Gasteiger partial charge in [0.05, 0.1) is 20.0 Å². The molecule has 214 valence electrons. The zero-order valence-electron chi connectivity index (χ0n) is 24.4. The van der Waals surface area contributed by atoms with Crippen molar-refractivity contribution in [3.05, 3.63) is 23.8 Å². The molecule has 0 bridgehead atoms. The van der Waals surface area contributed by atoms with Crippen LogP contribution in [0.3, 0.4) is 0 Å². The number of methoxy groups -OCH3 is 1. The molecule has 9 nitrogen and oxygen atoms in total. The molecule has 0 amide bonds. The van der Waals surface area contributed by atoms with Crippen LogP contribution in [0.1, 0.15) is 80.2 Å². The molecule has 0 spiro atoms. The number of benzene rings is 1. The molecule has 0 fully saturated rings. The van der Waals surface area contributed by atoms with Gasteiger partial charge in [-0.2, -0.15) is 0 Å². The van der Waals surface area contributed by atoms with E-state index in [2.05, 4.69) is 5.32 Å². The van der Waals surface area contributed by atoms with E-state index in [4.69, 9.17) is 18.9 Å². The molecule has 9 heteroatoms. The molecule has 0 unspecified atom stereocenters. The Hall–Kier alpha value is -2.94. The fourth-order valence-corrected chi connectivity index (χ4v) is 3.43. The smallest absolute Gasteiger partial charge is 0.323 e. The highest BCUT2D eigenvalue weighted by Gasteiger charge is 2.24. The number of hydrogen-bond acceptors (Lipinski definition) is 9. The molecule has 0 saturated heterocycles. The van der Waals surface area contributed by atoms with Crippen LogP contribution in [0.4, 0.5) is 0 Å². The first-order valence-electron chi connectivity index (χ1n) is 13.0. The van der Waals surface area contributed by atoms with Gasteiger partial charge in [0, 0.05) is 13.0 Å². The molecule has 1 aromatic carbocycles. The summed E-state index contributed by atoms with van der Waals surface area (Å²) in [4.78, 5) is 49.2. The lowest BCUT2D eigenvalue weighted by Gasteiger charge is -2.20. The molecule has 0 radical (unpaired) electrons. The third-order valence-corrected chi connectivity index (χ3v) is 5.06. The van der Waals surface area contributed by atoms with Gasteiger partial charge in [-0.25, -0.2) is 0 Å². The summed E-state index contributed by atoms with van der Waals surface area (Å²) in [5.41, 5.74) is 0.0812. The Labute approximate surface area is 226 Å². The van der Waals surface area contributed by atoms with E-state index in [9.17, 15) is 19.2 Å². The SMILES string of the molecule is COC(=O)[C@H](Cc1ccc(OC(=O)CC(C)(C)C)c(OC(=O)CC(C)(C)C)c1)NCCOC(=O)CC(C)C. The van der Waals surface area contributed by atoms with E-state index in [-0.39, 0.29) is 66.6 Å². The largest absolute Gasteiger partial charge is 0.468 e. The molecule has 1 N–H and O–H groups in total. The molecular weight excluding hydrogens is 490 g/mol. The first-order chi connectivity index (χ1) is 17.5. The molecule has 0 aliphatic heterocycles. The van der Waals surface area contributed by atoms with E-state index >= 15 is 0 Å². The van der Waals surface area contributed by atoms with Crippen molar-refractivity contribution < 1.29 is 38.1 Å². The van der Waals surface area contributed by atoms with Gasteiger partial charge in [-0.3, -0.25) is 19.2 Å². The van der Waals surface area contributed by atoms with Crippen molar-refractivity contribution in [2.45, 2.75) is 87.1 Å². The Kier molecular flexibility index (Phi) is 12.9. The minimum atomic E-state index is -0.740. The van der Waals surface area contributed by atoms with Gasteiger partial charge in [0.25, 0.3) is 0 Å². The molecule has 0 aliphatic carbocycles. The second-order valence-electron chi connectivity index (χ2n) is 12.3. The van der Waals surface area contributed by atoms with Gasteiger partial charge in [-0.1, -0.05) is 61.5 Å². The van der Waals surface area contributed by atoms with Gasteiger partial charge in [-0.05, 0) is 40.9 Å². The van der Waals surface area contributed by atoms with Gasteiger partial charge in [0.15, 0.2) is 11.5 Å². The number of carbonyl (C=O) groups excluding carboxylic acids is 4. The number of ether oxygens (including phenoxy) is 4. The highest BCUT2D eigenvalue weighted by atomic mass is 16.6. The lowest BCUT2D eigenvalue weighted by Crippen LogP contribution is -2.41. The molecule has 0 aromatic heterocycles. The van der Waals surface area contributed by atoms with Crippen LogP contribution in [0.2, 0.25) is 0 Å². The zero-order valence-corrected chi connectivity index (χ0v) is 24.4. The summed E-state index contributed by atoms with van der Waals surface area (Å²) in [5.74, 6) is -1.27. The van der Waals surface area contributed by atoms with Crippen LogP contribution in [0.25, 0.3) is 0 Å². The lowest BCUT2D eigenvalue weighted by molar-refractivity contribution is -0.144. The number of carbonyl (C=O) groups is 4. The van der Waals surface area contributed by atoms with Crippen LogP contribution in [-0.2, 0) is 35.1 Å². The van der Waals surface area contributed by atoms with Crippen molar-refractivity contribution in [1.29, 1.82) is 0 Å². The average Bonchev–Trinajstić information content (AvgIpc) is 2.73. The summed E-state index contributed by atoms with van der Waals surface area (Å²) >= 11 is 0. The highest BCUT2D eigenvalue weighted by Crippen LogP contribution is 2.32. The van der Waals surface area contributed by atoms with Crippen LogP contribution in [0.5, 0.6) is 11.5 Å². The van der Waals surface area contributed by atoms with Gasteiger partial charge >= 0.3 is 23.9 Å². The third kappa shape index (κ3) is 14.1. The predicted molar refractivity (Wildman–Crippen MR) is 144 cm³/mol. The molecule has 1 atom stereocenters. The summed E-state index contributed by atoms with van der Waals surface area (Å²) in [5, 5.41) is 3.05. The molecular formula is C29H45NO8. The molecule has 38 heavy (non-hydrogen) atoms. The predicted octanol–water partition coefficient (Wildman–Crippen LogP) is 4.63. The van der Waals surface area contributed by atoms with E-state index in [1.807, 2.05) is 55.4 Å². The monoisotopic (exact) mass is 535 g/mol. The second-order valence-corrected chi connectivity index (χ2v) is 12.3. The maximum absolute atomic E-state index is 12.6. The minimum absolute atomic E-state index is 0.102. The first-order valence-corrected chi connectivity index (χ1v) is 13.0. The van der Waals surface area contributed by atoms with Gasteiger partial charge < -0.3 is 24.3 Å². The quantitative estimate of drug-likeness (QED) is 0.219. The molecule has 0 saturated carbocycles. The van der Waals surface area contributed by atoms with E-state index < -0.39 is 23.9 Å². The Bertz CT molecular complexity index is 956. The van der Waals surface area contributed by atoms with Crippen molar-refractivity contribution >= 4 is 23.9 Å². The third-order valence-electron chi connectivity index (χ3n) is 5.06. The summed E-state index contributed by atoms with van der Waals surface area (Å²) in [7, 11) is 1.29. The van der Waals surface area contributed by atoms with Crippen molar-refractivity contribution in [3.8, 4) is 11.5 Å². The van der Waals surface area contributed by atoms with Gasteiger partial charge in [0.1, 0.15) is 12.6 Å². The lowest BCUT2D eigenvalue weighted by atomic mass is 9.92. The van der Waals surface area contributed by atoms with Crippen molar-refractivity contribution in [2.75, 3.05) is 20.3 Å². The molecule has 1 rings (SSSR count). The van der Waals surface area contributed by atoms with Crippen molar-refractivity contribution in [3.63, 3.8) is 0 Å². The Morgan fingerprint density at radius 1 is 0.842 bits per heavy atom. The van der Waals surface area contributed by atoms with Crippen molar-refractivity contribution in [1.82, 2.24) is 5.32 Å². The maximum atomic E-state index is 12.6. The number of rotatable bonds is 13. The van der Waals surface area contributed by atoms with Crippen LogP contribution < -0.4 is 14.8 Å². The Morgan fingerprint density at radius 3 is 1.89 bits per heavy atom. The van der Waals surface area contributed by atoms with E-state index in [1.165, 1.54) is 7.11 Å². The van der Waals surface area contributed by atoms with E-state index in [1.54, 1.807) is 18.2 Å². The molecule has 1 aromatic rings. The van der Waals surface area contributed by atoms with Crippen LogP contribution in [0.15, 0.2) is 18.2 Å². The standard InChI is InChI=1S/C29H45NO8/c1-19(2)14-24(31)36-13-12-30-21(27(34)35-9)15-20-10-11-22(37-25(32)17-28(3,4)5)23(16-20)38-26(33)18-29(6,7)8/h10-11,16,19,21,30H,12-15,17-18H2,1-9H3/t21-/m0/s1. The van der Waals surface area contributed by atoms with Gasteiger partial charge in [0.2, 0.25) is 0 Å². The summed E-state index contributed by atoms with van der Waals surface area (Å²) in [6.07, 6.45) is 0.866. The fraction of sp³-hybridized carbons (Fsp3) is 0.655. The topological polar surface area (TPSA) is 117 Å². The second kappa shape index (κ2) is 14.9. The number of nitrogens with one attached hydrogen (secondary N) is 1. The Balaban J connectivity index is 3.06. The van der Waals surface area contributed by atoms with Gasteiger partial charge in [-0.15, -0.1) is 0 Å². The molecule has 0 aliphatic rings. The summed E-state index contributed by atoms with van der Waals surface area (Å²) in [6.45, 7) is 15.7. The highest BCUT2D eigenvalue weighted by molar-refractivity contribution is 5.78. The van der Waals surface area contributed by atoms with E-state index in [0.717, 1.165) is 0 Å². The normalized spacial score (nSPS) is 12.6. The van der Waals surface area contributed by atoms with Crippen LogP contribution in [0, 0.1) is 16.7 Å². The first kappa shape index (κ1) is 33.1. The minimum Gasteiger partial charge on any atom is -0.468 e.